The van der Waals surface area contributed by atoms with Crippen LogP contribution in [0.25, 0.3) is 11.3 Å². The van der Waals surface area contributed by atoms with Crippen molar-refractivity contribution >= 4 is 11.9 Å². The lowest BCUT2D eigenvalue weighted by Gasteiger charge is -2.14. The maximum absolute atomic E-state index is 12.6. The monoisotopic (exact) mass is 437 g/mol. The summed E-state index contributed by atoms with van der Waals surface area (Å²) in [7, 11) is 1.58. The van der Waals surface area contributed by atoms with Crippen LogP contribution in [0, 0.1) is 0 Å². The van der Waals surface area contributed by atoms with E-state index in [-0.39, 0.29) is 18.9 Å². The fraction of sp³-hybridized carbons (Fsp3) is 0.280. The second-order valence-corrected chi connectivity index (χ2v) is 7.26. The zero-order valence-electron chi connectivity index (χ0n) is 18.0. The number of aliphatic carboxylic acids is 1. The van der Waals surface area contributed by atoms with Crippen molar-refractivity contribution in [2.24, 2.45) is 0 Å². The van der Waals surface area contributed by atoms with E-state index in [9.17, 15) is 9.59 Å². The molecule has 0 spiro atoms. The molecule has 0 saturated heterocycles. The Hall–Kier alpha value is -3.74. The second-order valence-electron chi connectivity index (χ2n) is 7.26. The van der Waals surface area contributed by atoms with E-state index in [1.54, 1.807) is 31.6 Å². The van der Waals surface area contributed by atoms with Gasteiger partial charge in [0, 0.05) is 29.7 Å². The van der Waals surface area contributed by atoms with Gasteiger partial charge in [-0.2, -0.15) is 0 Å². The van der Waals surface area contributed by atoms with Crippen LogP contribution in [0.2, 0.25) is 0 Å². The largest absolute Gasteiger partial charge is 0.497 e. The lowest BCUT2D eigenvalue weighted by atomic mass is 10.1. The Labute approximate surface area is 187 Å². The summed E-state index contributed by atoms with van der Waals surface area (Å²) in [6, 6.07) is 16.3. The maximum atomic E-state index is 12.6. The summed E-state index contributed by atoms with van der Waals surface area (Å²) in [6.45, 7) is 0.755. The number of carbonyl (C=O) groups excluding carboxylic acids is 1. The molecule has 32 heavy (non-hydrogen) atoms. The minimum Gasteiger partial charge on any atom is -0.497 e. The Morgan fingerprint density at radius 2 is 1.84 bits per heavy atom. The highest BCUT2D eigenvalue weighted by molar-refractivity contribution is 5.94. The van der Waals surface area contributed by atoms with E-state index >= 15 is 0 Å². The first-order valence-corrected chi connectivity index (χ1v) is 10.5. The van der Waals surface area contributed by atoms with Crippen LogP contribution < -0.4 is 14.8 Å². The molecule has 0 bridgehead atoms. The predicted molar refractivity (Wildman–Crippen MR) is 120 cm³/mol. The van der Waals surface area contributed by atoms with Crippen molar-refractivity contribution in [3.05, 3.63) is 72.0 Å². The van der Waals surface area contributed by atoms with Crippen LogP contribution in [0.4, 0.5) is 0 Å². The molecule has 1 aromatic heterocycles. The number of nitrogens with one attached hydrogen (secondary N) is 1. The molecule has 2 aromatic carbocycles. The summed E-state index contributed by atoms with van der Waals surface area (Å²) < 4.78 is 16.5. The first-order valence-electron chi connectivity index (χ1n) is 10.5. The molecule has 7 heteroatoms. The first-order chi connectivity index (χ1) is 15.6. The maximum Gasteiger partial charge on any atom is 0.303 e. The summed E-state index contributed by atoms with van der Waals surface area (Å²) in [5, 5.41) is 11.6. The van der Waals surface area contributed by atoms with Crippen LogP contribution >= 0.6 is 0 Å². The number of furan rings is 1. The van der Waals surface area contributed by atoms with E-state index in [4.69, 9.17) is 19.0 Å². The van der Waals surface area contributed by atoms with Gasteiger partial charge in [0.25, 0.3) is 5.91 Å². The normalized spacial score (nSPS) is 10.5. The van der Waals surface area contributed by atoms with E-state index < -0.39 is 5.97 Å². The number of benzene rings is 2. The Balaban J connectivity index is 1.56. The van der Waals surface area contributed by atoms with Crippen molar-refractivity contribution in [3.63, 3.8) is 0 Å². The van der Waals surface area contributed by atoms with Gasteiger partial charge in [-0.25, -0.2) is 0 Å². The molecule has 0 aliphatic rings. The van der Waals surface area contributed by atoms with Crippen LogP contribution in [0.15, 0.2) is 65.3 Å². The lowest BCUT2D eigenvalue weighted by molar-refractivity contribution is -0.137. The fourth-order valence-electron chi connectivity index (χ4n) is 3.21. The molecule has 0 saturated carbocycles. The van der Waals surface area contributed by atoms with Crippen molar-refractivity contribution in [1.29, 1.82) is 0 Å². The predicted octanol–water partition coefficient (Wildman–Crippen LogP) is 4.91. The number of carbonyl (C=O) groups is 2. The number of ether oxygens (including phenoxy) is 2. The van der Waals surface area contributed by atoms with Gasteiger partial charge in [-0.1, -0.05) is 12.1 Å². The molecule has 2 N–H and O–H groups in total. The highest BCUT2D eigenvalue weighted by atomic mass is 16.5. The van der Waals surface area contributed by atoms with Crippen LogP contribution in [-0.2, 0) is 11.3 Å². The summed E-state index contributed by atoms with van der Waals surface area (Å²) in [6.07, 6.45) is 3.95. The molecule has 168 valence electrons. The average molecular weight is 437 g/mol. The molecule has 0 unspecified atom stereocenters. The smallest absolute Gasteiger partial charge is 0.303 e. The van der Waals surface area contributed by atoms with Gasteiger partial charge in [0.2, 0.25) is 0 Å². The molecule has 1 amide bonds. The SMILES string of the molecule is COc1ccc(OCCCCCC(=O)O)c(CNC(=O)c2ccc(-c3ccco3)cc2)c1. The second kappa shape index (κ2) is 11.6. The van der Waals surface area contributed by atoms with Crippen LogP contribution in [-0.4, -0.2) is 30.7 Å². The van der Waals surface area contributed by atoms with Crippen molar-refractivity contribution in [3.8, 4) is 22.8 Å². The Morgan fingerprint density at radius 1 is 1.03 bits per heavy atom. The molecule has 3 aromatic rings. The summed E-state index contributed by atoms with van der Waals surface area (Å²) in [4.78, 5) is 23.2. The van der Waals surface area contributed by atoms with Crippen LogP contribution in [0.1, 0.15) is 41.6 Å². The number of methoxy groups -OCH3 is 1. The molecular formula is C25H27NO6. The molecule has 1 heterocycles. The number of rotatable bonds is 12. The van der Waals surface area contributed by atoms with Gasteiger partial charge >= 0.3 is 5.97 Å². The summed E-state index contributed by atoms with van der Waals surface area (Å²) in [5.41, 5.74) is 2.25. The third-order valence-electron chi connectivity index (χ3n) is 4.95. The molecular weight excluding hydrogens is 410 g/mol. The van der Waals surface area contributed by atoms with E-state index in [2.05, 4.69) is 5.32 Å². The van der Waals surface area contributed by atoms with Gasteiger partial charge in [0.15, 0.2) is 0 Å². The van der Waals surface area contributed by atoms with Gasteiger partial charge in [0.05, 0.1) is 20.0 Å². The Morgan fingerprint density at radius 3 is 2.53 bits per heavy atom. The van der Waals surface area contributed by atoms with Gasteiger partial charge in [-0.15, -0.1) is 0 Å². The van der Waals surface area contributed by atoms with Gasteiger partial charge in [-0.05, 0) is 61.7 Å². The van der Waals surface area contributed by atoms with E-state index in [1.165, 1.54) is 0 Å². The molecule has 0 aliphatic carbocycles. The number of unbranched alkanes of at least 4 members (excludes halogenated alkanes) is 2. The van der Waals surface area contributed by atoms with Gasteiger partial charge in [0.1, 0.15) is 17.3 Å². The van der Waals surface area contributed by atoms with E-state index in [0.29, 0.717) is 30.1 Å². The molecule has 0 aliphatic heterocycles. The third kappa shape index (κ3) is 6.63. The number of carboxylic acids is 1. The van der Waals surface area contributed by atoms with E-state index in [1.807, 2.05) is 36.4 Å². The number of hydrogen-bond donors (Lipinski definition) is 2. The zero-order valence-corrected chi connectivity index (χ0v) is 18.0. The lowest BCUT2D eigenvalue weighted by Crippen LogP contribution is -2.23. The quantitative estimate of drug-likeness (QED) is 0.391. The average Bonchev–Trinajstić information content (AvgIpc) is 3.35. The van der Waals surface area contributed by atoms with Gasteiger partial charge < -0.3 is 24.3 Å². The molecule has 3 rings (SSSR count). The van der Waals surface area contributed by atoms with Crippen molar-refractivity contribution in [2.45, 2.75) is 32.2 Å². The minimum atomic E-state index is -0.783. The number of hydrogen-bond acceptors (Lipinski definition) is 5. The third-order valence-corrected chi connectivity index (χ3v) is 4.95. The van der Waals surface area contributed by atoms with Crippen LogP contribution in [0.3, 0.4) is 0 Å². The standard InChI is InChI=1S/C25H27NO6/c1-30-21-12-13-23(31-14-4-2-3-7-24(27)28)20(16-21)17-26-25(29)19-10-8-18(9-11-19)22-6-5-15-32-22/h5-6,8-13,15-16H,2-4,7,14,17H2,1H3,(H,26,29)(H,27,28). The first kappa shape index (κ1) is 22.9. The fourth-order valence-corrected chi connectivity index (χ4v) is 3.21. The Bertz CT molecular complexity index is 1010. The Kier molecular flexibility index (Phi) is 8.31. The highest BCUT2D eigenvalue weighted by Gasteiger charge is 2.11. The topological polar surface area (TPSA) is 98.0 Å². The number of carboxylic acid groups (broad SMARTS) is 1. The van der Waals surface area contributed by atoms with Gasteiger partial charge in [-0.3, -0.25) is 9.59 Å². The summed E-state index contributed by atoms with van der Waals surface area (Å²) in [5.74, 6) is 1.11. The van der Waals surface area contributed by atoms with Crippen molar-refractivity contribution < 1.29 is 28.6 Å². The zero-order chi connectivity index (χ0) is 22.8. The van der Waals surface area contributed by atoms with Crippen molar-refractivity contribution in [1.82, 2.24) is 5.32 Å². The minimum absolute atomic E-state index is 0.169. The molecule has 0 atom stereocenters. The molecule has 0 fully saturated rings. The molecule has 7 nitrogen and oxygen atoms in total. The van der Waals surface area contributed by atoms with Crippen LogP contribution in [0.5, 0.6) is 11.5 Å². The summed E-state index contributed by atoms with van der Waals surface area (Å²) >= 11 is 0. The van der Waals surface area contributed by atoms with E-state index in [0.717, 1.165) is 29.7 Å². The highest BCUT2D eigenvalue weighted by Crippen LogP contribution is 2.25. The molecule has 0 radical (unpaired) electrons. The van der Waals surface area contributed by atoms with Crippen molar-refractivity contribution in [2.75, 3.05) is 13.7 Å². The number of amides is 1.